The van der Waals surface area contributed by atoms with Crippen molar-refractivity contribution in [3.63, 3.8) is 0 Å². The second-order valence-corrected chi connectivity index (χ2v) is 12.0. The maximum atomic E-state index is 2.40. The molecule has 0 saturated heterocycles. The van der Waals surface area contributed by atoms with Crippen LogP contribution in [0.5, 0.6) is 0 Å². The first-order valence-corrected chi connectivity index (χ1v) is 15.9. The smallest absolute Gasteiger partial charge is 0.0546 e. The summed E-state index contributed by atoms with van der Waals surface area (Å²) in [4.78, 5) is 4.77. The molecular formula is C44H34N2. The summed E-state index contributed by atoms with van der Waals surface area (Å²) in [6.07, 6.45) is 0. The molecule has 8 rings (SSSR count). The fraction of sp³-hybridized carbons (Fsp3) is 0.0455. The third-order valence-corrected chi connectivity index (χ3v) is 8.95. The summed E-state index contributed by atoms with van der Waals surface area (Å²) in [5, 5.41) is 7.39. The van der Waals surface area contributed by atoms with Crippen molar-refractivity contribution in [3.05, 3.63) is 181 Å². The van der Waals surface area contributed by atoms with Gasteiger partial charge in [-0.15, -0.1) is 0 Å². The molecule has 0 atom stereocenters. The molecule has 0 aliphatic rings. The fourth-order valence-electron chi connectivity index (χ4n) is 6.69. The molecule has 46 heavy (non-hydrogen) atoms. The molecule has 0 radical (unpaired) electrons. The highest BCUT2D eigenvalue weighted by molar-refractivity contribution is 6.23. The van der Waals surface area contributed by atoms with E-state index in [0.717, 1.165) is 34.1 Å². The van der Waals surface area contributed by atoms with Gasteiger partial charge in [0.2, 0.25) is 0 Å². The first-order chi connectivity index (χ1) is 22.7. The molecule has 2 heteroatoms. The third kappa shape index (κ3) is 4.85. The van der Waals surface area contributed by atoms with Gasteiger partial charge in [-0.25, -0.2) is 0 Å². The summed E-state index contributed by atoms with van der Waals surface area (Å²) in [6, 6.07) is 61.5. The van der Waals surface area contributed by atoms with Crippen molar-refractivity contribution in [2.75, 3.05) is 9.80 Å². The lowest BCUT2D eigenvalue weighted by Gasteiger charge is -2.29. The lowest BCUT2D eigenvalue weighted by atomic mass is 9.94. The van der Waals surface area contributed by atoms with E-state index < -0.39 is 0 Å². The Morgan fingerprint density at radius 1 is 0.283 bits per heavy atom. The monoisotopic (exact) mass is 590 g/mol. The number of rotatable bonds is 6. The SMILES string of the molecule is Cc1ccc(N(c2ccccc2)c2cc3c4cccc(N(c5ccccc5)c5ccc(C)cc5)c4ccc3c3ccccc23)cc1. The van der Waals surface area contributed by atoms with E-state index in [1.807, 2.05) is 0 Å². The largest absolute Gasteiger partial charge is 0.310 e. The third-order valence-electron chi connectivity index (χ3n) is 8.95. The Morgan fingerprint density at radius 2 is 0.674 bits per heavy atom. The van der Waals surface area contributed by atoms with Gasteiger partial charge in [-0.05, 0) is 96.1 Å². The number of benzene rings is 8. The topological polar surface area (TPSA) is 6.48 Å². The summed E-state index contributed by atoms with van der Waals surface area (Å²) in [5.41, 5.74) is 9.35. The minimum absolute atomic E-state index is 1.13. The van der Waals surface area contributed by atoms with E-state index in [2.05, 4.69) is 194 Å². The van der Waals surface area contributed by atoms with Gasteiger partial charge in [0.25, 0.3) is 0 Å². The molecule has 8 aromatic carbocycles. The number of hydrogen-bond acceptors (Lipinski definition) is 2. The Labute approximate surface area is 270 Å². The summed E-state index contributed by atoms with van der Waals surface area (Å²) in [5.74, 6) is 0. The summed E-state index contributed by atoms with van der Waals surface area (Å²) < 4.78 is 0. The highest BCUT2D eigenvalue weighted by atomic mass is 15.1. The molecule has 220 valence electrons. The van der Waals surface area contributed by atoms with Crippen LogP contribution in [0.1, 0.15) is 11.1 Å². The Balaban J connectivity index is 1.43. The molecular weight excluding hydrogens is 556 g/mol. The standard InChI is InChI=1S/C44H34N2/c1-31-20-24-35(25-21-31)45(33-12-5-3-6-13-33)43-19-11-18-38-41(43)29-28-39-37-16-9-10-17-40(37)44(30-42(38)39)46(34-14-7-4-8-15-34)36-26-22-32(2)23-27-36/h3-30H,1-2H3. The van der Waals surface area contributed by atoms with E-state index >= 15 is 0 Å². The summed E-state index contributed by atoms with van der Waals surface area (Å²) >= 11 is 0. The molecule has 0 N–H and O–H groups in total. The lowest BCUT2D eigenvalue weighted by molar-refractivity contribution is 1.29. The van der Waals surface area contributed by atoms with Crippen molar-refractivity contribution >= 4 is 66.4 Å². The van der Waals surface area contributed by atoms with E-state index in [4.69, 9.17) is 0 Å². The minimum Gasteiger partial charge on any atom is -0.310 e. The van der Waals surface area contributed by atoms with Crippen molar-refractivity contribution in [3.8, 4) is 0 Å². The van der Waals surface area contributed by atoms with E-state index in [-0.39, 0.29) is 0 Å². The van der Waals surface area contributed by atoms with Crippen LogP contribution in [0.25, 0.3) is 32.3 Å². The normalized spacial score (nSPS) is 11.3. The molecule has 0 unspecified atom stereocenters. The molecule has 0 amide bonds. The molecule has 0 saturated carbocycles. The van der Waals surface area contributed by atoms with E-state index in [9.17, 15) is 0 Å². The van der Waals surface area contributed by atoms with Crippen LogP contribution in [-0.4, -0.2) is 0 Å². The van der Waals surface area contributed by atoms with Gasteiger partial charge in [0.05, 0.1) is 11.4 Å². The summed E-state index contributed by atoms with van der Waals surface area (Å²) in [6.45, 7) is 4.28. The number of fused-ring (bicyclic) bond motifs is 5. The highest BCUT2D eigenvalue weighted by Gasteiger charge is 2.20. The zero-order valence-corrected chi connectivity index (χ0v) is 26.1. The van der Waals surface area contributed by atoms with E-state index in [1.165, 1.54) is 43.4 Å². The predicted molar refractivity (Wildman–Crippen MR) is 198 cm³/mol. The van der Waals surface area contributed by atoms with Crippen LogP contribution in [0.3, 0.4) is 0 Å². The van der Waals surface area contributed by atoms with Gasteiger partial charge >= 0.3 is 0 Å². The minimum atomic E-state index is 1.13. The van der Waals surface area contributed by atoms with Crippen molar-refractivity contribution in [1.29, 1.82) is 0 Å². The van der Waals surface area contributed by atoms with Gasteiger partial charge in [0, 0.05) is 33.5 Å². The summed E-state index contributed by atoms with van der Waals surface area (Å²) in [7, 11) is 0. The molecule has 0 aliphatic carbocycles. The van der Waals surface area contributed by atoms with Crippen LogP contribution in [-0.2, 0) is 0 Å². The molecule has 8 aromatic rings. The molecule has 0 bridgehead atoms. The van der Waals surface area contributed by atoms with Gasteiger partial charge in [-0.3, -0.25) is 0 Å². The van der Waals surface area contributed by atoms with Crippen LogP contribution in [0, 0.1) is 13.8 Å². The Morgan fingerprint density at radius 3 is 1.26 bits per heavy atom. The first kappa shape index (κ1) is 27.7. The maximum absolute atomic E-state index is 2.40. The zero-order valence-electron chi connectivity index (χ0n) is 26.1. The van der Waals surface area contributed by atoms with Crippen molar-refractivity contribution in [2.45, 2.75) is 13.8 Å². The van der Waals surface area contributed by atoms with Crippen LogP contribution >= 0.6 is 0 Å². The Bertz CT molecular complexity index is 2310. The van der Waals surface area contributed by atoms with Gasteiger partial charge < -0.3 is 9.80 Å². The number of anilines is 6. The number of hydrogen-bond donors (Lipinski definition) is 0. The molecule has 0 aliphatic heterocycles. The second kappa shape index (κ2) is 11.6. The Kier molecular flexibility index (Phi) is 6.96. The Hall–Kier alpha value is -5.86. The van der Waals surface area contributed by atoms with Crippen molar-refractivity contribution in [1.82, 2.24) is 0 Å². The zero-order chi connectivity index (χ0) is 31.0. The lowest BCUT2D eigenvalue weighted by Crippen LogP contribution is -2.11. The molecule has 0 spiro atoms. The number of aryl methyl sites for hydroxylation is 2. The van der Waals surface area contributed by atoms with Crippen LogP contribution < -0.4 is 9.80 Å². The van der Waals surface area contributed by atoms with Gasteiger partial charge in [0.15, 0.2) is 0 Å². The maximum Gasteiger partial charge on any atom is 0.0546 e. The van der Waals surface area contributed by atoms with E-state index in [1.54, 1.807) is 0 Å². The second-order valence-electron chi connectivity index (χ2n) is 12.0. The van der Waals surface area contributed by atoms with E-state index in [0.29, 0.717) is 0 Å². The van der Waals surface area contributed by atoms with Gasteiger partial charge in [0.1, 0.15) is 0 Å². The molecule has 0 heterocycles. The van der Waals surface area contributed by atoms with Gasteiger partial charge in [-0.1, -0.05) is 120 Å². The highest BCUT2D eigenvalue weighted by Crippen LogP contribution is 2.45. The number of para-hydroxylation sites is 2. The van der Waals surface area contributed by atoms with Crippen LogP contribution in [0.2, 0.25) is 0 Å². The average molecular weight is 591 g/mol. The molecule has 0 aromatic heterocycles. The predicted octanol–water partition coefficient (Wildman–Crippen LogP) is 12.7. The van der Waals surface area contributed by atoms with Crippen LogP contribution in [0.15, 0.2) is 170 Å². The number of nitrogens with zero attached hydrogens (tertiary/aromatic N) is 2. The molecule has 0 fully saturated rings. The van der Waals surface area contributed by atoms with Crippen molar-refractivity contribution in [2.24, 2.45) is 0 Å². The van der Waals surface area contributed by atoms with Crippen LogP contribution in [0.4, 0.5) is 34.1 Å². The fourth-order valence-corrected chi connectivity index (χ4v) is 6.69. The molecule has 2 nitrogen and oxygen atoms in total. The van der Waals surface area contributed by atoms with Crippen molar-refractivity contribution < 1.29 is 0 Å². The first-order valence-electron chi connectivity index (χ1n) is 15.9. The quantitative estimate of drug-likeness (QED) is 0.178. The van der Waals surface area contributed by atoms with Gasteiger partial charge in [-0.2, -0.15) is 0 Å². The average Bonchev–Trinajstić information content (AvgIpc) is 3.11.